The molecule has 4 nitrogen and oxygen atoms in total. The maximum atomic E-state index is 12.2. The molecule has 0 spiro atoms. The van der Waals surface area contributed by atoms with Crippen molar-refractivity contribution in [3.8, 4) is 0 Å². The standard InChI is InChI=1S/C17H17Cl2NO3S/c1-11-9-12(2)17(15(19)10-11)20-16(21)7-8-24(22,23)14-5-3-13(18)4-6-14/h3-6,9-10H,7-8H2,1-2H3,(H,20,21). The molecule has 0 bridgehead atoms. The molecule has 7 heteroatoms. The Morgan fingerprint density at radius 3 is 2.29 bits per heavy atom. The maximum Gasteiger partial charge on any atom is 0.225 e. The fourth-order valence-corrected chi connectivity index (χ4v) is 4.00. The predicted octanol–water partition coefficient (Wildman–Crippen LogP) is 4.41. The van der Waals surface area contributed by atoms with Crippen molar-refractivity contribution in [2.24, 2.45) is 0 Å². The summed E-state index contributed by atoms with van der Waals surface area (Å²) in [5.41, 5.74) is 2.32. The minimum Gasteiger partial charge on any atom is -0.325 e. The Bertz CT molecular complexity index is 839. The molecular weight excluding hydrogens is 369 g/mol. The molecule has 0 heterocycles. The number of benzene rings is 2. The molecule has 1 N–H and O–H groups in total. The largest absolute Gasteiger partial charge is 0.325 e. The van der Waals surface area contributed by atoms with E-state index in [1.54, 1.807) is 6.07 Å². The Morgan fingerprint density at radius 1 is 1.08 bits per heavy atom. The number of halogens is 2. The first-order valence-electron chi connectivity index (χ1n) is 7.24. The third kappa shape index (κ3) is 4.72. The van der Waals surface area contributed by atoms with Gasteiger partial charge >= 0.3 is 0 Å². The molecule has 0 saturated carbocycles. The van der Waals surface area contributed by atoms with Crippen LogP contribution in [0.5, 0.6) is 0 Å². The van der Waals surface area contributed by atoms with Gasteiger partial charge in [0.15, 0.2) is 9.84 Å². The van der Waals surface area contributed by atoms with Crippen LogP contribution in [0.4, 0.5) is 5.69 Å². The van der Waals surface area contributed by atoms with E-state index in [-0.39, 0.29) is 17.1 Å². The molecule has 0 aliphatic carbocycles. The van der Waals surface area contributed by atoms with Crippen molar-refractivity contribution in [1.29, 1.82) is 0 Å². The molecule has 1 amide bonds. The van der Waals surface area contributed by atoms with Gasteiger partial charge < -0.3 is 5.32 Å². The van der Waals surface area contributed by atoms with Gasteiger partial charge in [-0.05, 0) is 55.3 Å². The molecule has 128 valence electrons. The summed E-state index contributed by atoms with van der Waals surface area (Å²) in [7, 11) is -3.54. The predicted molar refractivity (Wildman–Crippen MR) is 97.7 cm³/mol. The summed E-state index contributed by atoms with van der Waals surface area (Å²) < 4.78 is 24.5. The van der Waals surface area contributed by atoms with Crippen molar-refractivity contribution in [2.45, 2.75) is 25.2 Å². The zero-order valence-electron chi connectivity index (χ0n) is 13.3. The van der Waals surface area contributed by atoms with Gasteiger partial charge in [-0.1, -0.05) is 29.3 Å². The van der Waals surface area contributed by atoms with Crippen LogP contribution in [0.1, 0.15) is 17.5 Å². The number of anilines is 1. The summed E-state index contributed by atoms with van der Waals surface area (Å²) >= 11 is 11.9. The van der Waals surface area contributed by atoms with Gasteiger partial charge in [0.2, 0.25) is 5.91 Å². The second-order valence-corrected chi connectivity index (χ2v) is 8.46. The van der Waals surface area contributed by atoms with E-state index in [4.69, 9.17) is 23.2 Å². The molecule has 0 aliphatic heterocycles. The van der Waals surface area contributed by atoms with E-state index < -0.39 is 15.7 Å². The molecule has 24 heavy (non-hydrogen) atoms. The lowest BCUT2D eigenvalue weighted by Crippen LogP contribution is -2.18. The summed E-state index contributed by atoms with van der Waals surface area (Å²) in [5.74, 6) is -0.690. The molecular formula is C17H17Cl2NO3S. The van der Waals surface area contributed by atoms with Crippen molar-refractivity contribution in [3.05, 3.63) is 57.6 Å². The Morgan fingerprint density at radius 2 is 1.71 bits per heavy atom. The SMILES string of the molecule is Cc1cc(C)c(NC(=O)CCS(=O)(=O)c2ccc(Cl)cc2)c(Cl)c1. The minimum atomic E-state index is -3.54. The van der Waals surface area contributed by atoms with Crippen LogP contribution in [0.3, 0.4) is 0 Å². The van der Waals surface area contributed by atoms with Crippen LogP contribution in [0, 0.1) is 13.8 Å². The molecule has 2 aromatic carbocycles. The fraction of sp³-hybridized carbons (Fsp3) is 0.235. The highest BCUT2D eigenvalue weighted by Gasteiger charge is 2.17. The summed E-state index contributed by atoms with van der Waals surface area (Å²) in [5, 5.41) is 3.57. The normalized spacial score (nSPS) is 11.3. The first kappa shape index (κ1) is 18.8. The van der Waals surface area contributed by atoms with Gasteiger partial charge in [0, 0.05) is 11.4 Å². The second-order valence-electron chi connectivity index (χ2n) is 5.51. The molecule has 0 fully saturated rings. The lowest BCUT2D eigenvalue weighted by Gasteiger charge is -2.11. The number of amides is 1. The third-order valence-corrected chi connectivity index (χ3v) is 5.75. The number of carbonyl (C=O) groups is 1. The molecule has 2 rings (SSSR count). The van der Waals surface area contributed by atoms with Crippen molar-refractivity contribution in [3.63, 3.8) is 0 Å². The average Bonchev–Trinajstić information content (AvgIpc) is 2.49. The zero-order valence-corrected chi connectivity index (χ0v) is 15.6. The van der Waals surface area contributed by atoms with Gasteiger partial charge in [0.25, 0.3) is 0 Å². The van der Waals surface area contributed by atoms with Crippen molar-refractivity contribution in [2.75, 3.05) is 11.1 Å². The number of sulfone groups is 1. The summed E-state index contributed by atoms with van der Waals surface area (Å²) in [6.07, 6.45) is -0.158. The molecule has 0 saturated heterocycles. The van der Waals surface area contributed by atoms with Gasteiger partial charge in [-0.25, -0.2) is 8.42 Å². The first-order valence-corrected chi connectivity index (χ1v) is 9.65. The van der Waals surface area contributed by atoms with Crippen LogP contribution in [0.15, 0.2) is 41.3 Å². The van der Waals surface area contributed by atoms with Crippen molar-refractivity contribution >= 4 is 44.6 Å². The number of hydrogen-bond acceptors (Lipinski definition) is 3. The Kier molecular flexibility index (Phi) is 5.91. The first-order chi connectivity index (χ1) is 11.2. The van der Waals surface area contributed by atoms with E-state index >= 15 is 0 Å². The van der Waals surface area contributed by atoms with Crippen LogP contribution in [0.25, 0.3) is 0 Å². The molecule has 0 atom stereocenters. The van der Waals surface area contributed by atoms with Gasteiger partial charge in [0.05, 0.1) is 21.4 Å². The lowest BCUT2D eigenvalue weighted by molar-refractivity contribution is -0.115. The highest BCUT2D eigenvalue weighted by Crippen LogP contribution is 2.27. The highest BCUT2D eigenvalue weighted by molar-refractivity contribution is 7.91. The highest BCUT2D eigenvalue weighted by atomic mass is 35.5. The van der Waals surface area contributed by atoms with Gasteiger partial charge in [-0.2, -0.15) is 0 Å². The van der Waals surface area contributed by atoms with Gasteiger partial charge in [-0.15, -0.1) is 0 Å². The molecule has 0 unspecified atom stereocenters. The van der Waals surface area contributed by atoms with Crippen LogP contribution >= 0.6 is 23.2 Å². The molecule has 0 aromatic heterocycles. The van der Waals surface area contributed by atoms with Gasteiger partial charge in [-0.3, -0.25) is 4.79 Å². The van der Waals surface area contributed by atoms with E-state index in [9.17, 15) is 13.2 Å². The smallest absolute Gasteiger partial charge is 0.225 e. The summed E-state index contributed by atoms with van der Waals surface area (Å²) in [6.45, 7) is 3.74. The Hall–Kier alpha value is -1.56. The van der Waals surface area contributed by atoms with Crippen LogP contribution in [0.2, 0.25) is 10.0 Å². The van der Waals surface area contributed by atoms with Crippen molar-refractivity contribution in [1.82, 2.24) is 0 Å². The molecule has 0 aliphatic rings. The lowest BCUT2D eigenvalue weighted by atomic mass is 10.1. The van der Waals surface area contributed by atoms with E-state index in [1.807, 2.05) is 19.9 Å². The van der Waals surface area contributed by atoms with Crippen molar-refractivity contribution < 1.29 is 13.2 Å². The minimum absolute atomic E-state index is 0.143. The van der Waals surface area contributed by atoms with Crippen LogP contribution in [-0.4, -0.2) is 20.1 Å². The third-order valence-electron chi connectivity index (χ3n) is 3.47. The van der Waals surface area contributed by atoms with Crippen LogP contribution in [-0.2, 0) is 14.6 Å². The van der Waals surface area contributed by atoms with E-state index in [2.05, 4.69) is 5.32 Å². The number of carbonyl (C=O) groups excluding carboxylic acids is 1. The molecule has 0 radical (unpaired) electrons. The fourth-order valence-electron chi connectivity index (χ4n) is 2.26. The summed E-state index contributed by atoms with van der Waals surface area (Å²) in [4.78, 5) is 12.2. The Labute approximate surface area is 151 Å². The van der Waals surface area contributed by atoms with E-state index in [0.717, 1.165) is 11.1 Å². The maximum absolute atomic E-state index is 12.2. The topological polar surface area (TPSA) is 63.2 Å². The van der Waals surface area contributed by atoms with Gasteiger partial charge in [0.1, 0.15) is 0 Å². The molecule has 2 aromatic rings. The number of hydrogen-bond donors (Lipinski definition) is 1. The zero-order chi connectivity index (χ0) is 17.9. The Balaban J connectivity index is 2.04. The number of rotatable bonds is 5. The number of aryl methyl sites for hydroxylation is 2. The summed E-state index contributed by atoms with van der Waals surface area (Å²) in [6, 6.07) is 9.50. The quantitative estimate of drug-likeness (QED) is 0.828. The monoisotopic (exact) mass is 385 g/mol. The van der Waals surface area contributed by atoms with Crippen LogP contribution < -0.4 is 5.32 Å². The van der Waals surface area contributed by atoms with E-state index in [0.29, 0.717) is 15.7 Å². The average molecular weight is 386 g/mol. The van der Waals surface area contributed by atoms with E-state index in [1.165, 1.54) is 24.3 Å². The number of nitrogens with one attached hydrogen (secondary N) is 1. The second kappa shape index (κ2) is 7.55.